The Labute approximate surface area is 151 Å². The molecule has 2 aromatic heterocycles. The maximum absolute atomic E-state index is 12.5. The minimum absolute atomic E-state index is 0.224. The van der Waals surface area contributed by atoms with Crippen molar-refractivity contribution in [3.8, 4) is 10.6 Å². The zero-order chi connectivity index (χ0) is 17.9. The molecule has 0 bridgehead atoms. The second-order valence-electron chi connectivity index (χ2n) is 5.59. The Morgan fingerprint density at radius 2 is 1.92 bits per heavy atom. The van der Waals surface area contributed by atoms with Crippen molar-refractivity contribution in [3.05, 3.63) is 64.9 Å². The van der Waals surface area contributed by atoms with Gasteiger partial charge in [0.1, 0.15) is 5.01 Å². The van der Waals surface area contributed by atoms with Crippen LogP contribution in [0.1, 0.15) is 23.1 Å². The summed E-state index contributed by atoms with van der Waals surface area (Å²) in [7, 11) is -3.54. The SMILES string of the molecule is CCc1ccc(S(=O)(=O)NCc2sc(-c3cccnc3)nc2C)cc1. The molecule has 0 saturated carbocycles. The molecule has 0 radical (unpaired) electrons. The summed E-state index contributed by atoms with van der Waals surface area (Å²) in [5.41, 5.74) is 2.87. The highest BCUT2D eigenvalue weighted by Gasteiger charge is 2.16. The van der Waals surface area contributed by atoms with Crippen LogP contribution in [0.4, 0.5) is 0 Å². The third-order valence-electron chi connectivity index (χ3n) is 3.87. The zero-order valence-corrected chi connectivity index (χ0v) is 15.7. The molecule has 3 rings (SSSR count). The van der Waals surface area contributed by atoms with Crippen molar-refractivity contribution in [3.63, 3.8) is 0 Å². The molecule has 130 valence electrons. The Kier molecular flexibility index (Phi) is 5.27. The number of nitrogens with zero attached hydrogens (tertiary/aromatic N) is 2. The van der Waals surface area contributed by atoms with E-state index in [4.69, 9.17) is 0 Å². The van der Waals surface area contributed by atoms with Crippen LogP contribution in [0, 0.1) is 6.92 Å². The van der Waals surface area contributed by atoms with Crippen LogP contribution >= 0.6 is 11.3 Å². The molecule has 1 N–H and O–H groups in total. The fraction of sp³-hybridized carbons (Fsp3) is 0.222. The molecule has 0 unspecified atom stereocenters. The molecular formula is C18H19N3O2S2. The highest BCUT2D eigenvalue weighted by atomic mass is 32.2. The van der Waals surface area contributed by atoms with Gasteiger partial charge in [-0.3, -0.25) is 4.98 Å². The smallest absolute Gasteiger partial charge is 0.240 e. The van der Waals surface area contributed by atoms with Crippen molar-refractivity contribution in [2.75, 3.05) is 0 Å². The highest BCUT2D eigenvalue weighted by Crippen LogP contribution is 2.27. The molecule has 2 heterocycles. The van der Waals surface area contributed by atoms with E-state index in [0.29, 0.717) is 0 Å². The molecule has 3 aromatic rings. The van der Waals surface area contributed by atoms with Gasteiger partial charge in [0, 0.05) is 29.4 Å². The first-order chi connectivity index (χ1) is 12.0. The standard InChI is InChI=1S/C18H19N3O2S2/c1-3-14-6-8-16(9-7-14)25(22,23)20-12-17-13(2)21-18(24-17)15-5-4-10-19-11-15/h4-11,20H,3,12H2,1-2H3. The summed E-state index contributed by atoms with van der Waals surface area (Å²) in [5.74, 6) is 0. The number of sulfonamides is 1. The van der Waals surface area contributed by atoms with Gasteiger partial charge in [-0.2, -0.15) is 0 Å². The van der Waals surface area contributed by atoms with E-state index in [-0.39, 0.29) is 11.4 Å². The molecule has 25 heavy (non-hydrogen) atoms. The molecule has 7 heteroatoms. The van der Waals surface area contributed by atoms with Gasteiger partial charge < -0.3 is 0 Å². The van der Waals surface area contributed by atoms with E-state index in [1.807, 2.05) is 38.1 Å². The Hall–Kier alpha value is -2.09. The normalized spacial score (nSPS) is 11.6. The number of benzene rings is 1. The third kappa shape index (κ3) is 4.12. The van der Waals surface area contributed by atoms with E-state index in [1.54, 1.807) is 24.5 Å². The average Bonchev–Trinajstić information content (AvgIpc) is 3.02. The number of hydrogen-bond donors (Lipinski definition) is 1. The summed E-state index contributed by atoms with van der Waals surface area (Å²) >= 11 is 1.48. The molecule has 1 aromatic carbocycles. The fourth-order valence-electron chi connectivity index (χ4n) is 2.35. The number of thiazole rings is 1. The topological polar surface area (TPSA) is 72.0 Å². The van der Waals surface area contributed by atoms with Gasteiger partial charge in [0.15, 0.2) is 0 Å². The van der Waals surface area contributed by atoms with E-state index >= 15 is 0 Å². The first-order valence-corrected chi connectivity index (χ1v) is 10.2. The molecule has 0 aliphatic rings. The van der Waals surface area contributed by atoms with Crippen LogP contribution in [0.5, 0.6) is 0 Å². The van der Waals surface area contributed by atoms with Gasteiger partial charge in [-0.15, -0.1) is 11.3 Å². The number of aryl methyl sites for hydroxylation is 2. The minimum Gasteiger partial charge on any atom is -0.264 e. The van der Waals surface area contributed by atoms with Gasteiger partial charge >= 0.3 is 0 Å². The van der Waals surface area contributed by atoms with Crippen LogP contribution in [0.2, 0.25) is 0 Å². The predicted molar refractivity (Wildman–Crippen MR) is 99.9 cm³/mol. The molecule has 0 aliphatic heterocycles. The van der Waals surface area contributed by atoms with Gasteiger partial charge in [-0.05, 0) is 43.2 Å². The van der Waals surface area contributed by atoms with Crippen molar-refractivity contribution in [2.24, 2.45) is 0 Å². The number of rotatable bonds is 6. The second-order valence-corrected chi connectivity index (χ2v) is 8.44. The summed E-state index contributed by atoms with van der Waals surface area (Å²) in [6, 6.07) is 10.8. The van der Waals surface area contributed by atoms with Crippen LogP contribution in [-0.4, -0.2) is 18.4 Å². The van der Waals surface area contributed by atoms with Crippen LogP contribution < -0.4 is 4.72 Å². The Balaban J connectivity index is 1.75. The average molecular weight is 374 g/mol. The van der Waals surface area contributed by atoms with Crippen LogP contribution in [-0.2, 0) is 23.0 Å². The highest BCUT2D eigenvalue weighted by molar-refractivity contribution is 7.89. The lowest BCUT2D eigenvalue weighted by atomic mass is 10.2. The van der Waals surface area contributed by atoms with Crippen LogP contribution in [0.3, 0.4) is 0 Å². The molecule has 0 atom stereocenters. The maximum Gasteiger partial charge on any atom is 0.240 e. The van der Waals surface area contributed by atoms with E-state index in [0.717, 1.165) is 33.1 Å². The van der Waals surface area contributed by atoms with E-state index < -0.39 is 10.0 Å². The summed E-state index contributed by atoms with van der Waals surface area (Å²) in [4.78, 5) is 9.79. The summed E-state index contributed by atoms with van der Waals surface area (Å²) in [6.45, 7) is 4.14. The van der Waals surface area contributed by atoms with Crippen LogP contribution in [0.25, 0.3) is 10.6 Å². The Morgan fingerprint density at radius 1 is 1.16 bits per heavy atom. The van der Waals surface area contributed by atoms with Crippen molar-refractivity contribution >= 4 is 21.4 Å². The lowest BCUT2D eigenvalue weighted by Crippen LogP contribution is -2.23. The minimum atomic E-state index is -3.54. The number of hydrogen-bond acceptors (Lipinski definition) is 5. The van der Waals surface area contributed by atoms with Crippen molar-refractivity contribution in [1.29, 1.82) is 0 Å². The third-order valence-corrected chi connectivity index (χ3v) is 6.49. The monoisotopic (exact) mass is 373 g/mol. The summed E-state index contributed by atoms with van der Waals surface area (Å²) < 4.78 is 27.6. The first-order valence-electron chi connectivity index (χ1n) is 7.95. The molecule has 0 spiro atoms. The van der Waals surface area contributed by atoms with Gasteiger partial charge in [0.25, 0.3) is 0 Å². The fourth-order valence-corrected chi connectivity index (χ4v) is 4.43. The predicted octanol–water partition coefficient (Wildman–Crippen LogP) is 3.55. The Bertz CT molecular complexity index is 950. The Morgan fingerprint density at radius 3 is 2.56 bits per heavy atom. The quantitative estimate of drug-likeness (QED) is 0.717. The van der Waals surface area contributed by atoms with Crippen molar-refractivity contribution in [2.45, 2.75) is 31.7 Å². The maximum atomic E-state index is 12.5. The van der Waals surface area contributed by atoms with E-state index in [9.17, 15) is 8.42 Å². The molecule has 0 saturated heterocycles. The molecule has 0 fully saturated rings. The number of pyridine rings is 1. The summed E-state index contributed by atoms with van der Waals surface area (Å²) in [5, 5.41) is 0.840. The van der Waals surface area contributed by atoms with Gasteiger partial charge in [0.05, 0.1) is 10.6 Å². The lowest BCUT2D eigenvalue weighted by Gasteiger charge is -2.06. The van der Waals surface area contributed by atoms with Crippen molar-refractivity contribution < 1.29 is 8.42 Å². The van der Waals surface area contributed by atoms with Gasteiger partial charge in [-0.1, -0.05) is 19.1 Å². The largest absolute Gasteiger partial charge is 0.264 e. The van der Waals surface area contributed by atoms with Crippen molar-refractivity contribution in [1.82, 2.24) is 14.7 Å². The zero-order valence-electron chi connectivity index (χ0n) is 14.1. The second kappa shape index (κ2) is 7.43. The molecule has 0 aliphatic carbocycles. The molecule has 0 amide bonds. The molecular weight excluding hydrogens is 354 g/mol. The number of nitrogens with one attached hydrogen (secondary N) is 1. The van der Waals surface area contributed by atoms with Gasteiger partial charge in [-0.25, -0.2) is 18.1 Å². The first kappa shape index (κ1) is 17.7. The summed E-state index contributed by atoms with van der Waals surface area (Å²) in [6.07, 6.45) is 4.34. The molecule has 5 nitrogen and oxygen atoms in total. The lowest BCUT2D eigenvalue weighted by molar-refractivity contribution is 0.581. The number of aromatic nitrogens is 2. The van der Waals surface area contributed by atoms with E-state index in [2.05, 4.69) is 14.7 Å². The van der Waals surface area contributed by atoms with Crippen LogP contribution in [0.15, 0.2) is 53.7 Å². The van der Waals surface area contributed by atoms with E-state index in [1.165, 1.54) is 11.3 Å². The van der Waals surface area contributed by atoms with Gasteiger partial charge in [0.2, 0.25) is 10.0 Å².